The zero-order valence-corrected chi connectivity index (χ0v) is 9.01. The van der Waals surface area contributed by atoms with Gasteiger partial charge >= 0.3 is 0 Å². The Kier molecular flexibility index (Phi) is 3.29. The number of benzene rings is 2. The Hall–Kier alpha value is -2.15. The van der Waals surface area contributed by atoms with E-state index in [4.69, 9.17) is 0 Å². The van der Waals surface area contributed by atoms with Crippen molar-refractivity contribution < 1.29 is 0 Å². The van der Waals surface area contributed by atoms with Crippen LogP contribution in [0, 0.1) is 0 Å². The molecule has 0 N–H and O–H groups in total. The predicted molar refractivity (Wildman–Crippen MR) is 70.1 cm³/mol. The zero-order chi connectivity index (χ0) is 11.2. The summed E-state index contributed by atoms with van der Waals surface area (Å²) in [6.45, 7) is 3.99. The molecular formula is C15H13N. The Morgan fingerprint density at radius 3 is 2.06 bits per heavy atom. The van der Waals surface area contributed by atoms with Crippen LogP contribution in [0.25, 0.3) is 5.57 Å². The molecule has 2 aromatic carbocycles. The van der Waals surface area contributed by atoms with Gasteiger partial charge in [-0.2, -0.15) is 0 Å². The highest BCUT2D eigenvalue weighted by Crippen LogP contribution is 2.13. The van der Waals surface area contributed by atoms with Crippen molar-refractivity contribution in [2.75, 3.05) is 0 Å². The zero-order valence-electron chi connectivity index (χ0n) is 9.01. The van der Waals surface area contributed by atoms with E-state index in [0.717, 1.165) is 16.8 Å². The largest absolute Gasteiger partial charge is 0.256 e. The molecular weight excluding hydrogens is 194 g/mol. The van der Waals surface area contributed by atoms with Crippen molar-refractivity contribution in [3.8, 4) is 0 Å². The standard InChI is InChI=1S/C15H13N/c1-13(14-8-4-2-5-9-14)12-16-15-10-6-3-7-11-15/h2-12H,1H2. The van der Waals surface area contributed by atoms with Crippen LogP contribution in [0.3, 0.4) is 0 Å². The molecule has 0 aliphatic heterocycles. The van der Waals surface area contributed by atoms with E-state index in [2.05, 4.69) is 11.6 Å². The Balaban J connectivity index is 2.12. The maximum Gasteiger partial charge on any atom is 0.0629 e. The second-order valence-corrected chi connectivity index (χ2v) is 3.49. The summed E-state index contributed by atoms with van der Waals surface area (Å²) >= 11 is 0. The minimum Gasteiger partial charge on any atom is -0.256 e. The average molecular weight is 207 g/mol. The van der Waals surface area contributed by atoms with Crippen LogP contribution in [0.4, 0.5) is 5.69 Å². The third-order valence-electron chi connectivity index (χ3n) is 2.27. The van der Waals surface area contributed by atoms with Crippen LogP contribution in [0.15, 0.2) is 72.2 Å². The van der Waals surface area contributed by atoms with E-state index in [1.54, 1.807) is 6.21 Å². The lowest BCUT2D eigenvalue weighted by Crippen LogP contribution is -1.82. The third-order valence-corrected chi connectivity index (χ3v) is 2.27. The highest BCUT2D eigenvalue weighted by atomic mass is 14.7. The van der Waals surface area contributed by atoms with Crippen molar-refractivity contribution >= 4 is 17.5 Å². The van der Waals surface area contributed by atoms with Gasteiger partial charge in [-0.1, -0.05) is 55.1 Å². The average Bonchev–Trinajstić information content (AvgIpc) is 2.38. The lowest BCUT2D eigenvalue weighted by atomic mass is 10.1. The Bertz CT molecular complexity index is 483. The molecule has 0 atom stereocenters. The van der Waals surface area contributed by atoms with Crippen LogP contribution in [-0.4, -0.2) is 6.21 Å². The highest BCUT2D eigenvalue weighted by Gasteiger charge is 1.93. The molecule has 0 unspecified atom stereocenters. The summed E-state index contributed by atoms with van der Waals surface area (Å²) in [6, 6.07) is 19.9. The molecule has 0 saturated heterocycles. The fraction of sp³-hybridized carbons (Fsp3) is 0. The van der Waals surface area contributed by atoms with Gasteiger partial charge in [-0.05, 0) is 23.3 Å². The number of rotatable bonds is 3. The molecule has 2 aromatic rings. The number of nitrogens with zero attached hydrogens (tertiary/aromatic N) is 1. The summed E-state index contributed by atoms with van der Waals surface area (Å²) in [7, 11) is 0. The van der Waals surface area contributed by atoms with Gasteiger partial charge in [-0.25, -0.2) is 0 Å². The molecule has 0 heterocycles. The fourth-order valence-electron chi connectivity index (χ4n) is 1.39. The first kappa shape index (κ1) is 10.4. The van der Waals surface area contributed by atoms with E-state index in [-0.39, 0.29) is 0 Å². The molecule has 16 heavy (non-hydrogen) atoms. The number of hydrogen-bond donors (Lipinski definition) is 0. The van der Waals surface area contributed by atoms with Crippen molar-refractivity contribution in [1.29, 1.82) is 0 Å². The van der Waals surface area contributed by atoms with E-state index in [9.17, 15) is 0 Å². The maximum atomic E-state index is 4.36. The molecule has 1 nitrogen and oxygen atoms in total. The van der Waals surface area contributed by atoms with Crippen molar-refractivity contribution in [3.63, 3.8) is 0 Å². The van der Waals surface area contributed by atoms with Gasteiger partial charge in [0.2, 0.25) is 0 Å². The number of para-hydroxylation sites is 1. The minimum absolute atomic E-state index is 0.921. The first-order valence-electron chi connectivity index (χ1n) is 5.20. The second kappa shape index (κ2) is 5.08. The van der Waals surface area contributed by atoms with Crippen molar-refractivity contribution in [1.82, 2.24) is 0 Å². The molecule has 2 rings (SSSR count). The molecule has 0 aliphatic rings. The van der Waals surface area contributed by atoms with E-state index in [1.165, 1.54) is 0 Å². The van der Waals surface area contributed by atoms with Gasteiger partial charge in [-0.15, -0.1) is 0 Å². The van der Waals surface area contributed by atoms with Crippen LogP contribution < -0.4 is 0 Å². The van der Waals surface area contributed by atoms with Gasteiger partial charge < -0.3 is 0 Å². The van der Waals surface area contributed by atoms with Gasteiger partial charge in [0.1, 0.15) is 0 Å². The number of hydrogen-bond acceptors (Lipinski definition) is 1. The van der Waals surface area contributed by atoms with Gasteiger partial charge in [-0.3, -0.25) is 4.99 Å². The fourth-order valence-corrected chi connectivity index (χ4v) is 1.39. The van der Waals surface area contributed by atoms with Crippen molar-refractivity contribution in [2.24, 2.45) is 4.99 Å². The van der Waals surface area contributed by atoms with E-state index in [0.29, 0.717) is 0 Å². The number of aliphatic imine (C=N–C) groups is 1. The first-order valence-corrected chi connectivity index (χ1v) is 5.20. The van der Waals surface area contributed by atoms with Crippen LogP contribution in [0.1, 0.15) is 5.56 Å². The van der Waals surface area contributed by atoms with E-state index in [1.807, 2.05) is 60.7 Å². The molecule has 0 aliphatic carbocycles. The third kappa shape index (κ3) is 2.67. The van der Waals surface area contributed by atoms with Crippen LogP contribution >= 0.6 is 0 Å². The molecule has 0 bridgehead atoms. The smallest absolute Gasteiger partial charge is 0.0629 e. The normalized spacial score (nSPS) is 10.5. The Labute approximate surface area is 95.8 Å². The Morgan fingerprint density at radius 2 is 1.44 bits per heavy atom. The van der Waals surface area contributed by atoms with Crippen molar-refractivity contribution in [3.05, 3.63) is 72.8 Å². The molecule has 0 fully saturated rings. The summed E-state index contributed by atoms with van der Waals surface area (Å²) in [5, 5.41) is 0. The lowest BCUT2D eigenvalue weighted by molar-refractivity contribution is 1.54. The maximum absolute atomic E-state index is 4.36. The molecule has 0 saturated carbocycles. The van der Waals surface area contributed by atoms with Gasteiger partial charge in [0.05, 0.1) is 5.69 Å². The monoisotopic (exact) mass is 207 g/mol. The summed E-state index contributed by atoms with van der Waals surface area (Å²) in [5.41, 5.74) is 2.96. The van der Waals surface area contributed by atoms with E-state index < -0.39 is 0 Å². The highest BCUT2D eigenvalue weighted by molar-refractivity contribution is 6.09. The SMILES string of the molecule is C=C(C=Nc1ccccc1)c1ccccc1. The van der Waals surface area contributed by atoms with Crippen LogP contribution in [-0.2, 0) is 0 Å². The topological polar surface area (TPSA) is 12.4 Å². The summed E-state index contributed by atoms with van der Waals surface area (Å²) in [4.78, 5) is 4.36. The molecule has 0 amide bonds. The number of allylic oxidation sites excluding steroid dienone is 1. The summed E-state index contributed by atoms with van der Waals surface area (Å²) in [6.07, 6.45) is 1.80. The van der Waals surface area contributed by atoms with Crippen molar-refractivity contribution in [2.45, 2.75) is 0 Å². The quantitative estimate of drug-likeness (QED) is 0.672. The molecule has 0 aromatic heterocycles. The van der Waals surface area contributed by atoms with Crippen LogP contribution in [0.2, 0.25) is 0 Å². The second-order valence-electron chi connectivity index (χ2n) is 3.49. The molecule has 78 valence electrons. The molecule has 0 radical (unpaired) electrons. The van der Waals surface area contributed by atoms with E-state index >= 15 is 0 Å². The first-order chi connectivity index (χ1) is 7.86. The van der Waals surface area contributed by atoms with Crippen LogP contribution in [0.5, 0.6) is 0 Å². The van der Waals surface area contributed by atoms with Gasteiger partial charge in [0.25, 0.3) is 0 Å². The van der Waals surface area contributed by atoms with Gasteiger partial charge in [0.15, 0.2) is 0 Å². The lowest BCUT2D eigenvalue weighted by Gasteiger charge is -1.98. The summed E-state index contributed by atoms with van der Waals surface area (Å²) in [5.74, 6) is 0. The summed E-state index contributed by atoms with van der Waals surface area (Å²) < 4.78 is 0. The predicted octanol–water partition coefficient (Wildman–Crippen LogP) is 4.10. The minimum atomic E-state index is 0.921. The Morgan fingerprint density at radius 1 is 0.875 bits per heavy atom. The van der Waals surface area contributed by atoms with Gasteiger partial charge in [0, 0.05) is 6.21 Å². The molecule has 0 spiro atoms. The molecule has 1 heteroatoms.